The highest BCUT2D eigenvalue weighted by atomic mass is 16.5. The molecule has 13 heteroatoms. The Hall–Kier alpha value is -4.88. The Morgan fingerprint density at radius 2 is 1.90 bits per heavy atom. The molecular weight excluding hydrogens is 624 g/mol. The number of ether oxygens (including phenoxy) is 1. The van der Waals surface area contributed by atoms with Crippen molar-refractivity contribution in [1.82, 2.24) is 29.2 Å². The van der Waals surface area contributed by atoms with E-state index in [0.29, 0.717) is 60.3 Å². The predicted molar refractivity (Wildman–Crippen MR) is 186 cm³/mol. The van der Waals surface area contributed by atoms with Gasteiger partial charge in [-0.3, -0.25) is 19.3 Å². The molecule has 4 aromatic heterocycles. The van der Waals surface area contributed by atoms with E-state index in [9.17, 15) is 19.5 Å². The summed E-state index contributed by atoms with van der Waals surface area (Å²) < 4.78 is 9.03. The lowest BCUT2D eigenvalue weighted by Crippen LogP contribution is -2.52. The van der Waals surface area contributed by atoms with Gasteiger partial charge in [0.25, 0.3) is 11.5 Å². The van der Waals surface area contributed by atoms with E-state index in [2.05, 4.69) is 51.8 Å². The largest absolute Gasteiger partial charge is 0.392 e. The van der Waals surface area contributed by atoms with Crippen molar-refractivity contribution >= 4 is 29.6 Å². The van der Waals surface area contributed by atoms with Crippen molar-refractivity contribution < 1.29 is 19.4 Å². The van der Waals surface area contributed by atoms with Gasteiger partial charge >= 0.3 is 0 Å². The van der Waals surface area contributed by atoms with Gasteiger partial charge in [0.1, 0.15) is 17.3 Å². The monoisotopic (exact) mass is 668 g/mol. The van der Waals surface area contributed by atoms with Crippen LogP contribution in [0, 0.1) is 12.3 Å². The second kappa shape index (κ2) is 13.6. The molecule has 258 valence electrons. The third-order valence-corrected chi connectivity index (χ3v) is 9.49. The van der Waals surface area contributed by atoms with Crippen molar-refractivity contribution in [3.8, 4) is 11.3 Å². The quantitative estimate of drug-likeness (QED) is 0.242. The molecule has 0 saturated carbocycles. The van der Waals surface area contributed by atoms with Crippen LogP contribution < -0.4 is 15.8 Å². The summed E-state index contributed by atoms with van der Waals surface area (Å²) in [6.45, 7) is 12.0. The second-order valence-corrected chi connectivity index (χ2v) is 13.9. The molecule has 1 saturated heterocycles. The third-order valence-electron chi connectivity index (χ3n) is 9.49. The Labute approximate surface area is 285 Å². The summed E-state index contributed by atoms with van der Waals surface area (Å²) in [5.41, 5.74) is 5.61. The number of nitrogens with one attached hydrogen (secondary N) is 1. The van der Waals surface area contributed by atoms with Gasteiger partial charge in [-0.15, -0.1) is 0 Å². The molecule has 2 amide bonds. The van der Waals surface area contributed by atoms with Crippen LogP contribution in [0.1, 0.15) is 60.6 Å². The number of aliphatic hydroxyl groups excluding tert-OH is 1. The van der Waals surface area contributed by atoms with Gasteiger partial charge in [-0.05, 0) is 74.9 Å². The lowest BCUT2D eigenvalue weighted by molar-refractivity contribution is -0.107. The highest BCUT2D eigenvalue weighted by Crippen LogP contribution is 2.38. The first-order chi connectivity index (χ1) is 23.4. The van der Waals surface area contributed by atoms with E-state index >= 15 is 0 Å². The Kier molecular flexibility index (Phi) is 9.41. The highest BCUT2D eigenvalue weighted by molar-refractivity contribution is 5.94. The fourth-order valence-corrected chi connectivity index (χ4v) is 7.16. The fraction of sp³-hybridized carbons (Fsp3) is 0.444. The molecule has 2 atom stereocenters. The van der Waals surface area contributed by atoms with E-state index in [1.165, 1.54) is 34.1 Å². The average Bonchev–Trinajstić information content (AvgIpc) is 3.52. The number of pyridine rings is 2. The number of rotatable bonds is 10. The van der Waals surface area contributed by atoms with Crippen LogP contribution in [-0.2, 0) is 42.6 Å². The zero-order valence-electron chi connectivity index (χ0n) is 28.9. The molecule has 13 nitrogen and oxygen atoms in total. The van der Waals surface area contributed by atoms with E-state index in [1.54, 1.807) is 35.4 Å². The number of amides is 2. The Balaban J connectivity index is 1.24. The highest BCUT2D eigenvalue weighted by Gasteiger charge is 2.32. The molecule has 49 heavy (non-hydrogen) atoms. The lowest BCUT2D eigenvalue weighted by atomic mass is 9.90. The number of aromatic nitrogens is 5. The van der Waals surface area contributed by atoms with Gasteiger partial charge in [-0.25, -0.2) is 14.6 Å². The maximum atomic E-state index is 13.2. The topological polar surface area (TPSA) is 148 Å². The van der Waals surface area contributed by atoms with Gasteiger partial charge in [0, 0.05) is 55.0 Å². The van der Waals surface area contributed by atoms with Crippen LogP contribution in [0.25, 0.3) is 11.3 Å². The molecule has 1 aliphatic heterocycles. The smallest absolute Gasteiger partial charge is 0.290 e. The summed E-state index contributed by atoms with van der Waals surface area (Å²) in [5, 5.41) is 18.1. The molecule has 0 bridgehead atoms. The zero-order chi connectivity index (χ0) is 35.0. The van der Waals surface area contributed by atoms with E-state index in [-0.39, 0.29) is 29.1 Å². The van der Waals surface area contributed by atoms with Crippen LogP contribution in [0.4, 0.5) is 17.3 Å². The fourth-order valence-electron chi connectivity index (χ4n) is 7.16. The van der Waals surface area contributed by atoms with E-state index in [4.69, 9.17) is 4.74 Å². The molecule has 0 spiro atoms. The van der Waals surface area contributed by atoms with Crippen LogP contribution in [-0.4, -0.2) is 78.5 Å². The van der Waals surface area contributed by atoms with Gasteiger partial charge in [-0.2, -0.15) is 5.10 Å². The van der Waals surface area contributed by atoms with Crippen molar-refractivity contribution in [3.05, 3.63) is 81.2 Å². The molecule has 6 rings (SSSR count). The molecule has 0 aromatic carbocycles. The number of carbonyl (C=O) groups excluding carboxylic acids is 2. The van der Waals surface area contributed by atoms with E-state index in [0.717, 1.165) is 24.9 Å². The average molecular weight is 669 g/mol. The van der Waals surface area contributed by atoms with Gasteiger partial charge in [0.2, 0.25) is 6.41 Å². The van der Waals surface area contributed by atoms with Crippen LogP contribution in [0.5, 0.6) is 0 Å². The van der Waals surface area contributed by atoms with Gasteiger partial charge in [0.05, 0.1) is 43.2 Å². The first-order valence-electron chi connectivity index (χ1n) is 16.6. The van der Waals surface area contributed by atoms with Gasteiger partial charge < -0.3 is 24.6 Å². The molecule has 5 heterocycles. The Bertz CT molecular complexity index is 1920. The van der Waals surface area contributed by atoms with Crippen LogP contribution in [0.3, 0.4) is 0 Å². The molecule has 4 aromatic rings. The number of fused-ring (bicyclic) bond motifs is 1. The third kappa shape index (κ3) is 6.73. The second-order valence-electron chi connectivity index (χ2n) is 13.9. The minimum absolute atomic E-state index is 0.0553. The lowest BCUT2D eigenvalue weighted by Gasteiger charge is -2.38. The van der Waals surface area contributed by atoms with E-state index in [1.807, 2.05) is 13.8 Å². The molecule has 1 fully saturated rings. The standard InChI is InChI=1S/C36H44N8O5/c1-22-13-26-15-36(4,5)16-31(26)43(22)12-11-42(21-46)33-28(18-45)27(9-10-37-33)29-14-30(35(48)41(6)40-29)39-32-8-7-25(17-38-32)34(47)44-23(2)19-49-20-24(44)3/h7-10,13-14,17,21,23-24,45H,11-12,15-16,18-20H2,1-6H3,(H,38,39). The van der Waals surface area contributed by atoms with Crippen molar-refractivity contribution in [2.45, 2.75) is 72.7 Å². The molecule has 2 aliphatic rings. The summed E-state index contributed by atoms with van der Waals surface area (Å²) in [5.74, 6) is 0.567. The van der Waals surface area contributed by atoms with Crippen molar-refractivity contribution in [2.75, 3.05) is 30.0 Å². The first-order valence-corrected chi connectivity index (χ1v) is 16.6. The number of aliphatic hydroxyl groups is 1. The SMILES string of the molecule is Cc1cc2c(n1CCN(C=O)c1nccc(-c3cc(Nc4ccc(C(=O)N5C(C)COCC5C)cn4)c(=O)n(C)n3)c1CO)CC(C)(C)C2. The Morgan fingerprint density at radius 3 is 2.57 bits per heavy atom. The number of hydrogen-bond donors (Lipinski definition) is 2. The van der Waals surface area contributed by atoms with E-state index < -0.39 is 12.2 Å². The molecule has 2 N–H and O–H groups in total. The van der Waals surface area contributed by atoms with Crippen molar-refractivity contribution in [1.29, 1.82) is 0 Å². The number of carbonyl (C=O) groups is 2. The number of aryl methyl sites for hydroxylation is 2. The normalized spacial score (nSPS) is 18.3. The summed E-state index contributed by atoms with van der Waals surface area (Å²) >= 11 is 0. The molecular formula is C36H44N8O5. The van der Waals surface area contributed by atoms with Crippen molar-refractivity contribution in [3.63, 3.8) is 0 Å². The minimum atomic E-state index is -0.403. The van der Waals surface area contributed by atoms with Crippen molar-refractivity contribution in [2.24, 2.45) is 12.5 Å². The molecule has 1 aliphatic carbocycles. The molecule has 0 radical (unpaired) electrons. The number of morpholine rings is 1. The van der Waals surface area contributed by atoms with Gasteiger partial charge in [-0.1, -0.05) is 13.8 Å². The van der Waals surface area contributed by atoms with Crippen LogP contribution >= 0.6 is 0 Å². The summed E-state index contributed by atoms with van der Waals surface area (Å²) in [6, 6.07) is 8.73. The Morgan fingerprint density at radius 1 is 1.14 bits per heavy atom. The predicted octanol–water partition coefficient (Wildman–Crippen LogP) is 3.62. The number of nitrogens with zero attached hydrogens (tertiary/aromatic N) is 7. The zero-order valence-corrected chi connectivity index (χ0v) is 28.9. The number of anilines is 3. The first kappa shape index (κ1) is 34.0. The van der Waals surface area contributed by atoms with Gasteiger partial charge in [0.15, 0.2) is 0 Å². The maximum absolute atomic E-state index is 13.2. The summed E-state index contributed by atoms with van der Waals surface area (Å²) in [6.07, 6.45) is 5.80. The molecule has 2 unspecified atom stereocenters. The summed E-state index contributed by atoms with van der Waals surface area (Å²) in [7, 11) is 1.54. The maximum Gasteiger partial charge on any atom is 0.290 e. The van der Waals surface area contributed by atoms with Crippen LogP contribution in [0.15, 0.2) is 47.5 Å². The van der Waals surface area contributed by atoms with Crippen LogP contribution in [0.2, 0.25) is 0 Å². The summed E-state index contributed by atoms with van der Waals surface area (Å²) in [4.78, 5) is 51.0. The number of hydrogen-bond acceptors (Lipinski definition) is 9. The minimum Gasteiger partial charge on any atom is -0.392 e.